The fourth-order valence-electron chi connectivity index (χ4n) is 2.85. The van der Waals surface area contributed by atoms with Crippen LogP contribution in [0.5, 0.6) is 11.6 Å². The number of hydrogen-bond acceptors (Lipinski definition) is 3. The van der Waals surface area contributed by atoms with Crippen molar-refractivity contribution in [3.8, 4) is 28.8 Å². The van der Waals surface area contributed by atoms with Crippen molar-refractivity contribution >= 4 is 0 Å². The average molecular weight is 351 g/mol. The van der Waals surface area contributed by atoms with Crippen molar-refractivity contribution in [2.75, 3.05) is 0 Å². The van der Waals surface area contributed by atoms with Gasteiger partial charge in [0.25, 0.3) is 0 Å². The van der Waals surface area contributed by atoms with E-state index in [-0.39, 0.29) is 0 Å². The maximum Gasteiger partial charge on any atom is 0.217 e. The Kier molecular flexibility index (Phi) is 4.67. The van der Waals surface area contributed by atoms with Crippen molar-refractivity contribution in [1.29, 1.82) is 5.26 Å². The predicted molar refractivity (Wildman–Crippen MR) is 105 cm³/mol. The summed E-state index contributed by atoms with van der Waals surface area (Å²) in [4.78, 5) is 7.56. The fourth-order valence-corrected chi connectivity index (χ4v) is 2.85. The van der Waals surface area contributed by atoms with E-state index in [9.17, 15) is 0 Å². The summed E-state index contributed by atoms with van der Waals surface area (Å²) in [6.45, 7) is 0. The molecule has 130 valence electrons. The number of hydrogen-bond donors (Lipinski definition) is 1. The predicted octanol–water partition coefficient (Wildman–Crippen LogP) is 5.33. The Hall–Kier alpha value is -3.84. The molecule has 4 rings (SSSR count). The van der Waals surface area contributed by atoms with Gasteiger partial charge in [-0.15, -0.1) is 0 Å². The Morgan fingerprint density at radius 2 is 1.56 bits per heavy atom. The molecule has 4 nitrogen and oxygen atoms in total. The van der Waals surface area contributed by atoms with Crippen molar-refractivity contribution in [3.63, 3.8) is 0 Å². The molecule has 27 heavy (non-hydrogen) atoms. The van der Waals surface area contributed by atoms with Crippen LogP contribution in [0.1, 0.15) is 17.0 Å². The van der Waals surface area contributed by atoms with E-state index >= 15 is 0 Å². The van der Waals surface area contributed by atoms with Crippen molar-refractivity contribution in [2.24, 2.45) is 0 Å². The summed E-state index contributed by atoms with van der Waals surface area (Å²) in [6.07, 6.45) is 2.34. The number of H-pyrrole nitrogens is 1. The molecule has 0 saturated heterocycles. The Labute approximate surface area is 157 Å². The van der Waals surface area contributed by atoms with Gasteiger partial charge in [-0.1, -0.05) is 54.6 Å². The Bertz CT molecular complexity index is 1060. The van der Waals surface area contributed by atoms with Crippen molar-refractivity contribution in [2.45, 2.75) is 6.42 Å². The summed E-state index contributed by atoms with van der Waals surface area (Å²) in [5.74, 6) is 2.17. The van der Waals surface area contributed by atoms with E-state index in [1.807, 2.05) is 66.7 Å². The molecule has 1 N–H and O–H groups in total. The highest BCUT2D eigenvalue weighted by Gasteiger charge is 2.05. The molecule has 0 aliphatic rings. The highest BCUT2D eigenvalue weighted by Crippen LogP contribution is 2.25. The summed E-state index contributed by atoms with van der Waals surface area (Å²) < 4.78 is 5.86. The minimum atomic E-state index is 0.603. The highest BCUT2D eigenvalue weighted by molar-refractivity contribution is 5.64. The SMILES string of the molecule is N#Cc1ccc(Cc2ncc(Oc3ccc(-c4ccccc4)cc3)[nH]2)cc1. The zero-order chi connectivity index (χ0) is 18.5. The average Bonchev–Trinajstić information content (AvgIpc) is 3.16. The van der Waals surface area contributed by atoms with Gasteiger partial charge in [-0.2, -0.15) is 5.26 Å². The van der Waals surface area contributed by atoms with Gasteiger partial charge >= 0.3 is 0 Å². The lowest BCUT2D eigenvalue weighted by atomic mass is 10.1. The number of nitriles is 1. The second-order valence-corrected chi connectivity index (χ2v) is 6.17. The molecule has 0 atom stereocenters. The van der Waals surface area contributed by atoms with Crippen LogP contribution in [0.3, 0.4) is 0 Å². The monoisotopic (exact) mass is 351 g/mol. The number of imidazole rings is 1. The number of nitrogens with zero attached hydrogens (tertiary/aromatic N) is 2. The molecule has 0 aliphatic heterocycles. The van der Waals surface area contributed by atoms with Crippen molar-refractivity contribution in [1.82, 2.24) is 9.97 Å². The lowest BCUT2D eigenvalue weighted by Crippen LogP contribution is -1.91. The van der Waals surface area contributed by atoms with Crippen molar-refractivity contribution in [3.05, 3.63) is 102 Å². The molecule has 1 heterocycles. The number of benzene rings is 3. The summed E-state index contributed by atoms with van der Waals surface area (Å²) in [7, 11) is 0. The van der Waals surface area contributed by atoms with Gasteiger partial charge in [-0.05, 0) is 41.0 Å². The first-order valence-corrected chi connectivity index (χ1v) is 8.66. The van der Waals surface area contributed by atoms with Gasteiger partial charge < -0.3 is 9.72 Å². The fraction of sp³-hybridized carbons (Fsp3) is 0.0435. The zero-order valence-electron chi connectivity index (χ0n) is 14.6. The third-order valence-electron chi connectivity index (χ3n) is 4.25. The van der Waals surface area contributed by atoms with Crippen LogP contribution in [0.4, 0.5) is 0 Å². The van der Waals surface area contributed by atoms with Crippen LogP contribution in [-0.4, -0.2) is 9.97 Å². The van der Waals surface area contributed by atoms with E-state index in [2.05, 4.69) is 28.2 Å². The van der Waals surface area contributed by atoms with E-state index in [0.29, 0.717) is 17.9 Å². The first-order valence-electron chi connectivity index (χ1n) is 8.66. The third-order valence-corrected chi connectivity index (χ3v) is 4.25. The van der Waals surface area contributed by atoms with Gasteiger partial charge in [-0.3, -0.25) is 0 Å². The molecular weight excluding hydrogens is 334 g/mol. The molecule has 4 aromatic rings. The van der Waals surface area contributed by atoms with Crippen LogP contribution in [0.25, 0.3) is 11.1 Å². The smallest absolute Gasteiger partial charge is 0.217 e. The topological polar surface area (TPSA) is 61.7 Å². The van der Waals surface area contributed by atoms with Crippen LogP contribution in [0, 0.1) is 11.3 Å². The molecule has 0 spiro atoms. The Morgan fingerprint density at radius 1 is 0.852 bits per heavy atom. The molecular formula is C23H17N3O. The first-order chi connectivity index (χ1) is 13.3. The second-order valence-electron chi connectivity index (χ2n) is 6.17. The number of aromatic amines is 1. The molecule has 4 heteroatoms. The number of aromatic nitrogens is 2. The first kappa shape index (κ1) is 16.6. The molecule has 0 fully saturated rings. The van der Waals surface area contributed by atoms with E-state index in [0.717, 1.165) is 22.7 Å². The quantitative estimate of drug-likeness (QED) is 0.528. The maximum atomic E-state index is 8.86. The lowest BCUT2D eigenvalue weighted by Gasteiger charge is -2.05. The minimum Gasteiger partial charge on any atom is -0.439 e. The van der Waals surface area contributed by atoms with Gasteiger partial charge in [0.1, 0.15) is 11.6 Å². The van der Waals surface area contributed by atoms with Crippen molar-refractivity contribution < 1.29 is 4.74 Å². The lowest BCUT2D eigenvalue weighted by molar-refractivity contribution is 0.465. The molecule has 1 aromatic heterocycles. The molecule has 0 aliphatic carbocycles. The molecule has 0 saturated carbocycles. The van der Waals surface area contributed by atoms with Gasteiger partial charge in [0.15, 0.2) is 0 Å². The molecule has 3 aromatic carbocycles. The van der Waals surface area contributed by atoms with Crippen LogP contribution in [-0.2, 0) is 6.42 Å². The maximum absolute atomic E-state index is 8.86. The van der Waals surface area contributed by atoms with Gasteiger partial charge in [0.2, 0.25) is 5.88 Å². The Balaban J connectivity index is 1.42. The molecule has 0 radical (unpaired) electrons. The van der Waals surface area contributed by atoms with Gasteiger partial charge in [0, 0.05) is 6.42 Å². The zero-order valence-corrected chi connectivity index (χ0v) is 14.6. The minimum absolute atomic E-state index is 0.603. The summed E-state index contributed by atoms with van der Waals surface area (Å²) >= 11 is 0. The Morgan fingerprint density at radius 3 is 2.26 bits per heavy atom. The van der Waals surface area contributed by atoms with E-state index in [4.69, 9.17) is 10.00 Å². The van der Waals surface area contributed by atoms with Crippen LogP contribution in [0.15, 0.2) is 85.1 Å². The standard InChI is InChI=1S/C23H17N3O/c24-15-18-8-6-17(7-9-18)14-22-25-16-23(26-22)27-21-12-10-20(11-13-21)19-4-2-1-3-5-19/h1-13,16H,14H2,(H,25,26). The van der Waals surface area contributed by atoms with Crippen LogP contribution in [0.2, 0.25) is 0 Å². The van der Waals surface area contributed by atoms with E-state index < -0.39 is 0 Å². The summed E-state index contributed by atoms with van der Waals surface area (Å²) in [5, 5.41) is 8.86. The summed E-state index contributed by atoms with van der Waals surface area (Å²) in [5.41, 5.74) is 4.06. The molecule has 0 amide bonds. The number of nitrogens with one attached hydrogen (secondary N) is 1. The largest absolute Gasteiger partial charge is 0.439 e. The van der Waals surface area contributed by atoms with Crippen LogP contribution < -0.4 is 4.74 Å². The molecule has 0 unspecified atom stereocenters. The third kappa shape index (κ3) is 4.05. The highest BCUT2D eigenvalue weighted by atomic mass is 16.5. The number of rotatable bonds is 5. The van der Waals surface area contributed by atoms with Gasteiger partial charge in [0.05, 0.1) is 17.8 Å². The summed E-state index contributed by atoms with van der Waals surface area (Å²) in [6, 6.07) is 27.8. The second kappa shape index (κ2) is 7.59. The van der Waals surface area contributed by atoms with Gasteiger partial charge in [-0.25, -0.2) is 4.98 Å². The van der Waals surface area contributed by atoms with E-state index in [1.165, 1.54) is 5.56 Å². The van der Waals surface area contributed by atoms with Crippen LogP contribution >= 0.6 is 0 Å². The van der Waals surface area contributed by atoms with E-state index in [1.54, 1.807) is 6.20 Å². The normalized spacial score (nSPS) is 10.3. The molecule has 0 bridgehead atoms. The number of ether oxygens (including phenoxy) is 1.